The lowest BCUT2D eigenvalue weighted by Crippen LogP contribution is -2.22. The second kappa shape index (κ2) is 8.25. The maximum Gasteiger partial charge on any atom is 0.288 e. The molecular formula is C19H20FN3O2S. The van der Waals surface area contributed by atoms with Crippen LogP contribution < -0.4 is 4.74 Å². The first-order chi connectivity index (χ1) is 12.5. The van der Waals surface area contributed by atoms with Crippen LogP contribution in [0.25, 0.3) is 0 Å². The van der Waals surface area contributed by atoms with Gasteiger partial charge >= 0.3 is 0 Å². The Morgan fingerprint density at radius 2 is 1.88 bits per heavy atom. The summed E-state index contributed by atoms with van der Waals surface area (Å²) in [5, 5.41) is 4.41. The fraction of sp³-hybridized carbons (Fsp3) is 0.263. The van der Waals surface area contributed by atoms with E-state index < -0.39 is 6.10 Å². The summed E-state index contributed by atoms with van der Waals surface area (Å²) in [6, 6.07) is 16.0. The van der Waals surface area contributed by atoms with Crippen LogP contribution in [0.3, 0.4) is 0 Å². The molecule has 0 saturated heterocycles. The maximum atomic E-state index is 13.0. The van der Waals surface area contributed by atoms with Gasteiger partial charge in [-0.3, -0.25) is 4.90 Å². The van der Waals surface area contributed by atoms with E-state index in [1.165, 1.54) is 17.7 Å². The van der Waals surface area contributed by atoms with Crippen molar-refractivity contribution in [1.82, 2.24) is 14.7 Å². The Balaban J connectivity index is 1.64. The molecule has 5 nitrogen and oxygen atoms in total. The number of benzene rings is 2. The summed E-state index contributed by atoms with van der Waals surface area (Å²) in [5.74, 6) is 0.608. The first kappa shape index (κ1) is 18.3. The molecule has 1 heterocycles. The molecular weight excluding hydrogens is 353 g/mol. The third kappa shape index (κ3) is 4.77. The van der Waals surface area contributed by atoms with Gasteiger partial charge in [-0.15, -0.1) is 5.10 Å². The van der Waals surface area contributed by atoms with Crippen LogP contribution >= 0.6 is 12.2 Å². The summed E-state index contributed by atoms with van der Waals surface area (Å²) in [7, 11) is 1.99. The molecule has 0 fully saturated rings. The minimum Gasteiger partial charge on any atom is -0.481 e. The van der Waals surface area contributed by atoms with Crippen molar-refractivity contribution in [1.29, 1.82) is 0 Å². The number of aromatic nitrogens is 2. The Bertz CT molecular complexity index is 893. The predicted octanol–water partition coefficient (Wildman–Crippen LogP) is 4.57. The van der Waals surface area contributed by atoms with Crippen LogP contribution in [0.2, 0.25) is 0 Å². The molecule has 1 atom stereocenters. The quantitative estimate of drug-likeness (QED) is 0.568. The van der Waals surface area contributed by atoms with Crippen LogP contribution in [-0.2, 0) is 13.2 Å². The summed E-state index contributed by atoms with van der Waals surface area (Å²) in [5.41, 5.74) is 1.21. The maximum absolute atomic E-state index is 13.0. The van der Waals surface area contributed by atoms with Crippen molar-refractivity contribution in [3.63, 3.8) is 0 Å². The number of hydrogen-bond acceptors (Lipinski definition) is 5. The lowest BCUT2D eigenvalue weighted by atomic mass is 10.2. The highest BCUT2D eigenvalue weighted by Gasteiger charge is 2.16. The molecule has 0 unspecified atom stereocenters. The Hall–Kier alpha value is -2.51. The fourth-order valence-corrected chi connectivity index (χ4v) is 2.70. The second-order valence-corrected chi connectivity index (χ2v) is 6.41. The average molecular weight is 373 g/mol. The second-order valence-electron chi connectivity index (χ2n) is 6.06. The molecule has 0 N–H and O–H groups in total. The van der Waals surface area contributed by atoms with Gasteiger partial charge in [0.05, 0.1) is 6.67 Å². The van der Waals surface area contributed by atoms with Crippen LogP contribution in [-0.4, -0.2) is 21.7 Å². The van der Waals surface area contributed by atoms with Crippen LogP contribution in [0, 0.1) is 10.7 Å². The third-order valence-corrected chi connectivity index (χ3v) is 4.06. The fourth-order valence-electron chi connectivity index (χ4n) is 2.52. The van der Waals surface area contributed by atoms with Crippen molar-refractivity contribution in [2.45, 2.75) is 26.2 Å². The highest BCUT2D eigenvalue weighted by molar-refractivity contribution is 7.71. The summed E-state index contributed by atoms with van der Waals surface area (Å²) in [6.07, 6.45) is -0.442. The average Bonchev–Trinajstić information content (AvgIpc) is 2.98. The Morgan fingerprint density at radius 3 is 2.58 bits per heavy atom. The topological polar surface area (TPSA) is 43.4 Å². The van der Waals surface area contributed by atoms with Crippen molar-refractivity contribution < 1.29 is 13.5 Å². The molecule has 3 rings (SSSR count). The van der Waals surface area contributed by atoms with Gasteiger partial charge < -0.3 is 9.15 Å². The van der Waals surface area contributed by atoms with Gasteiger partial charge in [0.25, 0.3) is 10.7 Å². The zero-order valence-electron chi connectivity index (χ0n) is 14.6. The lowest BCUT2D eigenvalue weighted by Gasteiger charge is -2.16. The van der Waals surface area contributed by atoms with Crippen LogP contribution in [0.4, 0.5) is 4.39 Å². The van der Waals surface area contributed by atoms with Crippen LogP contribution in [0.15, 0.2) is 59.0 Å². The number of rotatable bonds is 7. The van der Waals surface area contributed by atoms with Gasteiger partial charge in [0.2, 0.25) is 0 Å². The lowest BCUT2D eigenvalue weighted by molar-refractivity contribution is 0.187. The molecule has 0 aliphatic rings. The molecule has 136 valence electrons. The number of nitrogens with zero attached hydrogens (tertiary/aromatic N) is 3. The first-order valence-electron chi connectivity index (χ1n) is 8.24. The van der Waals surface area contributed by atoms with E-state index in [2.05, 4.69) is 22.1 Å². The normalized spacial score (nSPS) is 12.3. The van der Waals surface area contributed by atoms with E-state index in [9.17, 15) is 4.39 Å². The standard InChI is InChI=1S/C19H20FN3O2S/c1-14(24-17-10-8-16(20)9-11-17)18-21-23(19(26)25-18)13-22(2)12-15-6-4-3-5-7-15/h3-11,14H,12-13H2,1-2H3/t14-/m0/s1. The van der Waals surface area contributed by atoms with Gasteiger partial charge in [-0.1, -0.05) is 30.3 Å². The molecule has 0 bridgehead atoms. The smallest absolute Gasteiger partial charge is 0.288 e. The van der Waals surface area contributed by atoms with Crippen molar-refractivity contribution in [3.05, 3.63) is 76.7 Å². The minimum absolute atomic E-state index is 0.287. The van der Waals surface area contributed by atoms with Gasteiger partial charge in [0.1, 0.15) is 11.6 Å². The molecule has 26 heavy (non-hydrogen) atoms. The summed E-state index contributed by atoms with van der Waals surface area (Å²) in [6.45, 7) is 3.08. The van der Waals surface area contributed by atoms with Gasteiger partial charge in [0, 0.05) is 6.54 Å². The highest BCUT2D eigenvalue weighted by Crippen LogP contribution is 2.21. The van der Waals surface area contributed by atoms with Crippen molar-refractivity contribution in [2.75, 3.05) is 7.05 Å². The van der Waals surface area contributed by atoms with Crippen molar-refractivity contribution in [3.8, 4) is 5.75 Å². The van der Waals surface area contributed by atoms with Crippen LogP contribution in [0.5, 0.6) is 5.75 Å². The molecule has 7 heteroatoms. The summed E-state index contributed by atoms with van der Waals surface area (Å²) in [4.78, 5) is 2.37. The molecule has 3 aromatic rings. The van der Waals surface area contributed by atoms with Crippen molar-refractivity contribution in [2.24, 2.45) is 0 Å². The molecule has 1 aromatic heterocycles. The van der Waals surface area contributed by atoms with E-state index in [1.807, 2.05) is 32.2 Å². The summed E-state index contributed by atoms with van der Waals surface area (Å²) < 4.78 is 25.9. The van der Waals surface area contributed by atoms with E-state index in [1.54, 1.807) is 16.8 Å². The molecule has 0 saturated carbocycles. The molecule has 2 aromatic carbocycles. The predicted molar refractivity (Wildman–Crippen MR) is 98.7 cm³/mol. The Morgan fingerprint density at radius 1 is 1.19 bits per heavy atom. The number of halogens is 1. The van der Waals surface area contributed by atoms with E-state index in [4.69, 9.17) is 21.4 Å². The highest BCUT2D eigenvalue weighted by atomic mass is 32.1. The number of hydrogen-bond donors (Lipinski definition) is 0. The van der Waals surface area contributed by atoms with Crippen LogP contribution in [0.1, 0.15) is 24.5 Å². The van der Waals surface area contributed by atoms with Crippen molar-refractivity contribution >= 4 is 12.2 Å². The van der Waals surface area contributed by atoms with E-state index in [0.29, 0.717) is 18.3 Å². The van der Waals surface area contributed by atoms with E-state index in [0.717, 1.165) is 6.54 Å². The van der Waals surface area contributed by atoms with E-state index in [-0.39, 0.29) is 10.7 Å². The minimum atomic E-state index is -0.442. The largest absolute Gasteiger partial charge is 0.481 e. The Kier molecular flexibility index (Phi) is 5.80. The molecule has 0 spiro atoms. The zero-order chi connectivity index (χ0) is 18.5. The zero-order valence-corrected chi connectivity index (χ0v) is 15.4. The monoisotopic (exact) mass is 373 g/mol. The van der Waals surface area contributed by atoms with Gasteiger partial charge in [0.15, 0.2) is 6.10 Å². The van der Waals surface area contributed by atoms with Gasteiger partial charge in [-0.25, -0.2) is 9.07 Å². The molecule has 0 aliphatic carbocycles. The number of ether oxygens (including phenoxy) is 1. The SMILES string of the molecule is C[C@H](Oc1ccc(F)cc1)c1nn(CN(C)Cc2ccccc2)c(=S)o1. The summed E-state index contributed by atoms with van der Waals surface area (Å²) >= 11 is 5.26. The molecule has 0 amide bonds. The molecule has 0 radical (unpaired) electrons. The first-order valence-corrected chi connectivity index (χ1v) is 8.64. The van der Waals surface area contributed by atoms with Gasteiger partial charge in [-0.05, 0) is 56.0 Å². The van der Waals surface area contributed by atoms with E-state index >= 15 is 0 Å². The van der Waals surface area contributed by atoms with Gasteiger partial charge in [-0.2, -0.15) is 0 Å². The molecule has 0 aliphatic heterocycles. The Labute approximate surface area is 156 Å². The third-order valence-electron chi connectivity index (χ3n) is 3.77.